The van der Waals surface area contributed by atoms with Crippen LogP contribution < -0.4 is 10.6 Å². The SMILES string of the molecule is Cc1cccc2c1NC1(CCN(C(=O)C3CCCCC3)CC1)NC2=O. The highest BCUT2D eigenvalue weighted by atomic mass is 16.2. The van der Waals surface area contributed by atoms with E-state index in [1.54, 1.807) is 0 Å². The molecule has 1 aromatic rings. The lowest BCUT2D eigenvalue weighted by atomic mass is 9.86. The van der Waals surface area contributed by atoms with Crippen molar-refractivity contribution < 1.29 is 9.59 Å². The maximum atomic E-state index is 12.8. The number of benzene rings is 1. The highest BCUT2D eigenvalue weighted by Gasteiger charge is 2.42. The van der Waals surface area contributed by atoms with Crippen molar-refractivity contribution in [2.24, 2.45) is 5.92 Å². The van der Waals surface area contributed by atoms with E-state index < -0.39 is 5.66 Å². The average Bonchev–Trinajstić information content (AvgIpc) is 2.64. The van der Waals surface area contributed by atoms with Gasteiger partial charge in [0.1, 0.15) is 5.66 Å². The molecule has 2 amide bonds. The van der Waals surface area contributed by atoms with Crippen LogP contribution in [0.5, 0.6) is 0 Å². The maximum Gasteiger partial charge on any atom is 0.255 e. The van der Waals surface area contributed by atoms with E-state index in [9.17, 15) is 9.59 Å². The summed E-state index contributed by atoms with van der Waals surface area (Å²) in [4.78, 5) is 27.3. The summed E-state index contributed by atoms with van der Waals surface area (Å²) in [7, 11) is 0. The number of nitrogens with one attached hydrogen (secondary N) is 2. The van der Waals surface area contributed by atoms with Gasteiger partial charge in [0.15, 0.2) is 0 Å². The molecule has 5 nitrogen and oxygen atoms in total. The van der Waals surface area contributed by atoms with Crippen LogP contribution >= 0.6 is 0 Å². The fourth-order valence-electron chi connectivity index (χ4n) is 4.54. The van der Waals surface area contributed by atoms with E-state index >= 15 is 0 Å². The van der Waals surface area contributed by atoms with Gasteiger partial charge >= 0.3 is 0 Å². The normalized spacial score (nSPS) is 22.9. The Morgan fingerprint density at radius 2 is 1.84 bits per heavy atom. The molecule has 0 unspecified atom stereocenters. The number of anilines is 1. The Morgan fingerprint density at radius 1 is 1.12 bits per heavy atom. The molecule has 3 aliphatic rings. The van der Waals surface area contributed by atoms with Gasteiger partial charge in [0.2, 0.25) is 5.91 Å². The number of carbonyl (C=O) groups excluding carboxylic acids is 2. The van der Waals surface area contributed by atoms with E-state index in [-0.39, 0.29) is 11.8 Å². The molecule has 0 bridgehead atoms. The quantitative estimate of drug-likeness (QED) is 0.825. The standard InChI is InChI=1S/C20H27N3O2/c1-14-6-5-9-16-17(14)21-20(22-18(16)24)10-12-23(13-11-20)19(25)15-7-3-2-4-8-15/h5-6,9,15,21H,2-4,7-8,10-13H2,1H3,(H,22,24). The van der Waals surface area contributed by atoms with Gasteiger partial charge in [0.25, 0.3) is 5.91 Å². The van der Waals surface area contributed by atoms with E-state index in [0.717, 1.165) is 36.9 Å². The fraction of sp³-hybridized carbons (Fsp3) is 0.600. The third-order valence-electron chi connectivity index (χ3n) is 6.12. The predicted octanol–water partition coefficient (Wildman–Crippen LogP) is 3.05. The summed E-state index contributed by atoms with van der Waals surface area (Å²) in [5, 5.41) is 6.75. The van der Waals surface area contributed by atoms with Crippen molar-refractivity contribution in [3.8, 4) is 0 Å². The molecule has 0 atom stereocenters. The molecule has 2 aliphatic heterocycles. The second kappa shape index (κ2) is 6.36. The lowest BCUT2D eigenvalue weighted by Crippen LogP contribution is -2.63. The Kier molecular flexibility index (Phi) is 4.18. The molecule has 1 saturated carbocycles. The van der Waals surface area contributed by atoms with Gasteiger partial charge in [-0.2, -0.15) is 0 Å². The van der Waals surface area contributed by atoms with Crippen LogP contribution in [0.4, 0.5) is 5.69 Å². The van der Waals surface area contributed by atoms with Gasteiger partial charge in [-0.15, -0.1) is 0 Å². The Labute approximate surface area is 149 Å². The number of para-hydroxylation sites is 1. The molecule has 25 heavy (non-hydrogen) atoms. The van der Waals surface area contributed by atoms with Gasteiger partial charge in [-0.3, -0.25) is 9.59 Å². The number of amides is 2. The zero-order valence-electron chi connectivity index (χ0n) is 14.9. The van der Waals surface area contributed by atoms with Gasteiger partial charge in [0.05, 0.1) is 11.3 Å². The van der Waals surface area contributed by atoms with Gasteiger partial charge < -0.3 is 15.5 Å². The number of likely N-dealkylation sites (tertiary alicyclic amines) is 1. The summed E-state index contributed by atoms with van der Waals surface area (Å²) in [6.07, 6.45) is 7.23. The summed E-state index contributed by atoms with van der Waals surface area (Å²) in [5.74, 6) is 0.539. The Balaban J connectivity index is 1.45. The van der Waals surface area contributed by atoms with Gasteiger partial charge in [-0.25, -0.2) is 0 Å². The van der Waals surface area contributed by atoms with Crippen LogP contribution in [0.15, 0.2) is 18.2 Å². The average molecular weight is 341 g/mol. The highest BCUT2D eigenvalue weighted by Crippen LogP contribution is 2.34. The Morgan fingerprint density at radius 3 is 2.56 bits per heavy atom. The first kappa shape index (κ1) is 16.4. The summed E-state index contributed by atoms with van der Waals surface area (Å²) in [5.41, 5.74) is 2.33. The second-order valence-electron chi connectivity index (χ2n) is 7.82. The number of aryl methyl sites for hydroxylation is 1. The zero-order valence-corrected chi connectivity index (χ0v) is 14.9. The highest BCUT2D eigenvalue weighted by molar-refractivity contribution is 6.02. The molecule has 1 spiro atoms. The summed E-state index contributed by atoms with van der Waals surface area (Å²) in [6, 6.07) is 5.80. The van der Waals surface area contributed by atoms with Crippen LogP contribution in [-0.2, 0) is 4.79 Å². The van der Waals surface area contributed by atoms with Crippen LogP contribution in [0, 0.1) is 12.8 Å². The van der Waals surface area contributed by atoms with Crippen molar-refractivity contribution in [3.05, 3.63) is 29.3 Å². The number of hydrogen-bond acceptors (Lipinski definition) is 3. The molecule has 134 valence electrons. The molecular weight excluding hydrogens is 314 g/mol. The van der Waals surface area contributed by atoms with Crippen LogP contribution in [0.1, 0.15) is 60.9 Å². The molecule has 0 aromatic heterocycles. The van der Waals surface area contributed by atoms with Crippen LogP contribution in [0.3, 0.4) is 0 Å². The lowest BCUT2D eigenvalue weighted by molar-refractivity contribution is -0.138. The number of hydrogen-bond donors (Lipinski definition) is 2. The number of fused-ring (bicyclic) bond motifs is 1. The van der Waals surface area contributed by atoms with Gasteiger partial charge in [-0.1, -0.05) is 31.4 Å². The van der Waals surface area contributed by atoms with E-state index in [1.165, 1.54) is 19.3 Å². The molecule has 1 aromatic carbocycles. The number of carbonyl (C=O) groups is 2. The molecule has 4 rings (SSSR count). The first-order chi connectivity index (χ1) is 12.1. The molecule has 1 aliphatic carbocycles. The summed E-state index contributed by atoms with van der Waals surface area (Å²) < 4.78 is 0. The molecule has 5 heteroatoms. The topological polar surface area (TPSA) is 61.4 Å². The molecule has 2 heterocycles. The third-order valence-corrected chi connectivity index (χ3v) is 6.12. The molecule has 2 N–H and O–H groups in total. The largest absolute Gasteiger partial charge is 0.362 e. The Bertz CT molecular complexity index is 686. The molecule has 0 radical (unpaired) electrons. The number of piperidine rings is 1. The van der Waals surface area contributed by atoms with Crippen LogP contribution in [-0.4, -0.2) is 35.5 Å². The number of rotatable bonds is 1. The van der Waals surface area contributed by atoms with E-state index in [1.807, 2.05) is 30.0 Å². The van der Waals surface area contributed by atoms with Crippen molar-refractivity contribution in [3.63, 3.8) is 0 Å². The lowest BCUT2D eigenvalue weighted by Gasteiger charge is -2.46. The van der Waals surface area contributed by atoms with Gasteiger partial charge in [-0.05, 0) is 31.4 Å². The first-order valence-corrected chi connectivity index (χ1v) is 9.57. The summed E-state index contributed by atoms with van der Waals surface area (Å²) in [6.45, 7) is 3.45. The van der Waals surface area contributed by atoms with E-state index in [2.05, 4.69) is 10.6 Å². The van der Waals surface area contributed by atoms with Crippen LogP contribution in [0.2, 0.25) is 0 Å². The summed E-state index contributed by atoms with van der Waals surface area (Å²) >= 11 is 0. The second-order valence-corrected chi connectivity index (χ2v) is 7.82. The van der Waals surface area contributed by atoms with Crippen molar-refractivity contribution in [1.82, 2.24) is 10.2 Å². The van der Waals surface area contributed by atoms with Crippen molar-refractivity contribution in [2.45, 2.75) is 57.5 Å². The Hall–Kier alpha value is -2.04. The minimum atomic E-state index is -0.417. The van der Waals surface area contributed by atoms with Crippen molar-refractivity contribution in [1.29, 1.82) is 0 Å². The number of nitrogens with zero attached hydrogens (tertiary/aromatic N) is 1. The van der Waals surface area contributed by atoms with Crippen molar-refractivity contribution in [2.75, 3.05) is 18.4 Å². The first-order valence-electron chi connectivity index (χ1n) is 9.57. The zero-order chi connectivity index (χ0) is 17.4. The van der Waals surface area contributed by atoms with Gasteiger partial charge in [0, 0.05) is 31.8 Å². The fourth-order valence-corrected chi connectivity index (χ4v) is 4.54. The monoisotopic (exact) mass is 341 g/mol. The smallest absolute Gasteiger partial charge is 0.255 e. The molecular formula is C20H27N3O2. The van der Waals surface area contributed by atoms with E-state index in [4.69, 9.17) is 0 Å². The predicted molar refractivity (Wildman–Crippen MR) is 97.4 cm³/mol. The maximum absolute atomic E-state index is 12.8. The minimum absolute atomic E-state index is 0.00972. The minimum Gasteiger partial charge on any atom is -0.362 e. The molecule has 1 saturated heterocycles. The van der Waals surface area contributed by atoms with E-state index in [0.29, 0.717) is 24.6 Å². The van der Waals surface area contributed by atoms with Crippen molar-refractivity contribution >= 4 is 17.5 Å². The van der Waals surface area contributed by atoms with Crippen LogP contribution in [0.25, 0.3) is 0 Å². The molecule has 2 fully saturated rings. The third kappa shape index (κ3) is 3.00.